The quantitative estimate of drug-likeness (QED) is 0.373. The number of carbonyl (C=O) groups excluding carboxylic acids is 2. The molecule has 0 saturated heterocycles. The van der Waals surface area contributed by atoms with Gasteiger partial charge in [0, 0.05) is 22.8 Å². The number of anilines is 1. The van der Waals surface area contributed by atoms with Crippen LogP contribution in [-0.4, -0.2) is 39.0 Å². The van der Waals surface area contributed by atoms with Crippen molar-refractivity contribution in [2.45, 2.75) is 25.0 Å². The average Bonchev–Trinajstić information content (AvgIpc) is 3.21. The van der Waals surface area contributed by atoms with Crippen LogP contribution in [0.5, 0.6) is 0 Å². The number of benzene rings is 2. The van der Waals surface area contributed by atoms with Gasteiger partial charge in [-0.3, -0.25) is 9.59 Å². The molecule has 0 radical (unpaired) electrons. The van der Waals surface area contributed by atoms with E-state index in [1.54, 1.807) is 36.4 Å². The molecular formula is C22H20ClN5O3S. The van der Waals surface area contributed by atoms with E-state index in [0.717, 1.165) is 11.1 Å². The number of carbonyl (C=O) groups is 2. The predicted molar refractivity (Wildman–Crippen MR) is 122 cm³/mol. The molecule has 0 unspecified atom stereocenters. The van der Waals surface area contributed by atoms with Crippen LogP contribution < -0.4 is 5.32 Å². The number of nitrogens with one attached hydrogen (secondary N) is 1. The van der Waals surface area contributed by atoms with E-state index in [2.05, 4.69) is 21.6 Å². The Bertz CT molecular complexity index is 1120. The maximum Gasteiger partial charge on any atom is 0.316 e. The van der Waals surface area contributed by atoms with Crippen molar-refractivity contribution in [3.05, 3.63) is 59.1 Å². The van der Waals surface area contributed by atoms with Crippen LogP contribution in [0.1, 0.15) is 12.5 Å². The van der Waals surface area contributed by atoms with Crippen LogP contribution in [-0.2, 0) is 27.3 Å². The first-order chi connectivity index (χ1) is 15.5. The third-order valence-corrected chi connectivity index (χ3v) is 5.53. The number of thioether (sulfide) groups is 1. The number of esters is 1. The monoisotopic (exact) mass is 469 g/mol. The van der Waals surface area contributed by atoms with Crippen LogP contribution in [0.25, 0.3) is 11.4 Å². The normalized spacial score (nSPS) is 10.4. The highest BCUT2D eigenvalue weighted by atomic mass is 35.5. The third kappa shape index (κ3) is 6.33. The van der Waals surface area contributed by atoms with Crippen LogP contribution in [0.3, 0.4) is 0 Å². The summed E-state index contributed by atoms with van der Waals surface area (Å²) in [5.41, 5.74) is 2.29. The molecule has 8 nitrogen and oxygen atoms in total. The van der Waals surface area contributed by atoms with Crippen LogP contribution in [0.15, 0.2) is 53.7 Å². The number of nitriles is 1. The number of hydrogen-bond donors (Lipinski definition) is 1. The van der Waals surface area contributed by atoms with Crippen molar-refractivity contribution in [2.24, 2.45) is 0 Å². The summed E-state index contributed by atoms with van der Waals surface area (Å²) in [4.78, 5) is 24.1. The van der Waals surface area contributed by atoms with E-state index in [-0.39, 0.29) is 5.75 Å². The molecule has 0 spiro atoms. The lowest BCUT2D eigenvalue weighted by atomic mass is 10.1. The molecule has 0 bridgehead atoms. The maximum absolute atomic E-state index is 12.1. The molecule has 3 aromatic rings. The number of rotatable bonds is 9. The van der Waals surface area contributed by atoms with Gasteiger partial charge >= 0.3 is 5.97 Å². The highest BCUT2D eigenvalue weighted by Crippen LogP contribution is 2.25. The van der Waals surface area contributed by atoms with E-state index in [1.807, 2.05) is 23.6 Å². The third-order valence-electron chi connectivity index (χ3n) is 4.34. The minimum absolute atomic E-state index is 0.00507. The van der Waals surface area contributed by atoms with Gasteiger partial charge in [-0.25, -0.2) is 0 Å². The van der Waals surface area contributed by atoms with Crippen molar-refractivity contribution in [2.75, 3.05) is 17.7 Å². The smallest absolute Gasteiger partial charge is 0.316 e. The first-order valence-corrected chi connectivity index (χ1v) is 11.1. The van der Waals surface area contributed by atoms with Crippen molar-refractivity contribution in [3.63, 3.8) is 0 Å². The lowest BCUT2D eigenvalue weighted by Crippen LogP contribution is -2.21. The van der Waals surface area contributed by atoms with E-state index in [4.69, 9.17) is 21.6 Å². The molecule has 1 heterocycles. The standard InChI is InChI=1S/C22H20ClN5O3S/c1-2-28-21(16-5-7-17(23)8-6-16)26-27-22(28)32-14-20(30)31-13-19(29)25-18-9-3-15(4-10-18)11-12-24/h3-10H,2,11,13-14H2,1H3,(H,25,29). The van der Waals surface area contributed by atoms with Crippen molar-refractivity contribution < 1.29 is 14.3 Å². The second-order valence-corrected chi connectivity index (χ2v) is 7.97. The summed E-state index contributed by atoms with van der Waals surface area (Å²) in [7, 11) is 0. The summed E-state index contributed by atoms with van der Waals surface area (Å²) in [6, 6.07) is 16.2. The van der Waals surface area contributed by atoms with Gasteiger partial charge in [-0.2, -0.15) is 5.26 Å². The molecule has 3 rings (SSSR count). The topological polar surface area (TPSA) is 110 Å². The van der Waals surface area contributed by atoms with Crippen LogP contribution >= 0.6 is 23.4 Å². The van der Waals surface area contributed by atoms with Gasteiger partial charge in [-0.05, 0) is 48.9 Å². The lowest BCUT2D eigenvalue weighted by Gasteiger charge is -2.08. The summed E-state index contributed by atoms with van der Waals surface area (Å²) in [5, 5.41) is 20.9. The zero-order valence-corrected chi connectivity index (χ0v) is 18.8. The summed E-state index contributed by atoms with van der Waals surface area (Å²) in [6.07, 6.45) is 0.302. The largest absolute Gasteiger partial charge is 0.455 e. The SMILES string of the molecule is CCn1c(SCC(=O)OCC(=O)Nc2ccc(CC#N)cc2)nnc1-c1ccc(Cl)cc1. The van der Waals surface area contributed by atoms with E-state index < -0.39 is 18.5 Å². The molecule has 0 aliphatic rings. The minimum atomic E-state index is -0.534. The number of ether oxygens (including phenoxy) is 1. The Morgan fingerprint density at radius 3 is 2.53 bits per heavy atom. The second-order valence-electron chi connectivity index (χ2n) is 6.59. The van der Waals surface area contributed by atoms with Gasteiger partial charge in [0.25, 0.3) is 5.91 Å². The number of amides is 1. The average molecular weight is 470 g/mol. The van der Waals surface area contributed by atoms with Gasteiger partial charge in [0.2, 0.25) is 0 Å². The summed E-state index contributed by atoms with van der Waals surface area (Å²) < 4.78 is 6.94. The highest BCUT2D eigenvalue weighted by Gasteiger charge is 2.16. The number of aromatic nitrogens is 3. The second kappa shape index (κ2) is 11.3. The summed E-state index contributed by atoms with van der Waals surface area (Å²) >= 11 is 7.13. The fourth-order valence-electron chi connectivity index (χ4n) is 2.80. The first kappa shape index (κ1) is 23.3. The minimum Gasteiger partial charge on any atom is -0.455 e. The maximum atomic E-state index is 12.1. The van der Waals surface area contributed by atoms with E-state index in [9.17, 15) is 9.59 Å². The van der Waals surface area contributed by atoms with Crippen molar-refractivity contribution in [3.8, 4) is 17.5 Å². The molecule has 0 fully saturated rings. The van der Waals surface area contributed by atoms with Crippen molar-refractivity contribution in [1.82, 2.24) is 14.8 Å². The van der Waals surface area contributed by atoms with Crippen LogP contribution in [0.4, 0.5) is 5.69 Å². The Hall–Kier alpha value is -3.35. The molecule has 0 aliphatic carbocycles. The lowest BCUT2D eigenvalue weighted by molar-refractivity contribution is -0.144. The predicted octanol–water partition coefficient (Wildman–Crippen LogP) is 3.96. The molecule has 1 amide bonds. The van der Waals surface area contributed by atoms with Crippen LogP contribution in [0.2, 0.25) is 5.02 Å². The fourth-order valence-corrected chi connectivity index (χ4v) is 3.72. The molecule has 32 heavy (non-hydrogen) atoms. The van der Waals surface area contributed by atoms with Crippen LogP contribution in [0, 0.1) is 11.3 Å². The van der Waals surface area contributed by atoms with Gasteiger partial charge in [-0.1, -0.05) is 35.5 Å². The number of hydrogen-bond acceptors (Lipinski definition) is 7. The number of nitrogens with zero attached hydrogens (tertiary/aromatic N) is 4. The molecule has 0 atom stereocenters. The molecule has 10 heteroatoms. The molecule has 2 aromatic carbocycles. The molecule has 164 valence electrons. The Kier molecular flexibility index (Phi) is 8.25. The van der Waals surface area contributed by atoms with Crippen molar-refractivity contribution in [1.29, 1.82) is 5.26 Å². The fraction of sp³-hybridized carbons (Fsp3) is 0.227. The van der Waals surface area contributed by atoms with Gasteiger partial charge in [0.05, 0.1) is 18.2 Å². The zero-order valence-electron chi connectivity index (χ0n) is 17.2. The van der Waals surface area contributed by atoms with Gasteiger partial charge in [0.15, 0.2) is 17.6 Å². The van der Waals surface area contributed by atoms with Gasteiger partial charge < -0.3 is 14.6 Å². The Labute approximate surface area is 194 Å². The Morgan fingerprint density at radius 1 is 1.16 bits per heavy atom. The van der Waals surface area contributed by atoms with E-state index >= 15 is 0 Å². The van der Waals surface area contributed by atoms with E-state index in [1.165, 1.54) is 11.8 Å². The number of halogens is 1. The molecule has 1 aromatic heterocycles. The molecular weight excluding hydrogens is 450 g/mol. The molecule has 0 aliphatic heterocycles. The highest BCUT2D eigenvalue weighted by molar-refractivity contribution is 7.99. The van der Waals surface area contributed by atoms with Gasteiger partial charge in [0.1, 0.15) is 0 Å². The first-order valence-electron chi connectivity index (χ1n) is 9.73. The van der Waals surface area contributed by atoms with E-state index in [0.29, 0.717) is 34.7 Å². The summed E-state index contributed by atoms with van der Waals surface area (Å²) in [6.45, 7) is 2.19. The van der Waals surface area contributed by atoms with Crippen molar-refractivity contribution >= 4 is 40.9 Å². The molecule has 0 saturated carbocycles. The van der Waals surface area contributed by atoms with Gasteiger partial charge in [-0.15, -0.1) is 10.2 Å². The molecule has 1 N–H and O–H groups in total. The Balaban J connectivity index is 1.49. The Morgan fingerprint density at radius 2 is 1.88 bits per heavy atom. The summed E-state index contributed by atoms with van der Waals surface area (Å²) in [5.74, 6) is -0.305. The zero-order chi connectivity index (χ0) is 22.9.